The molecule has 1 aromatic carbocycles. The van der Waals surface area contributed by atoms with Crippen LogP contribution in [-0.2, 0) is 6.42 Å². The van der Waals surface area contributed by atoms with Crippen molar-refractivity contribution < 1.29 is 5.11 Å². The molecule has 16 heavy (non-hydrogen) atoms. The summed E-state index contributed by atoms with van der Waals surface area (Å²) in [5.41, 5.74) is 2.64. The third-order valence-electron chi connectivity index (χ3n) is 3.40. The molecule has 1 rings (SSSR count). The lowest BCUT2D eigenvalue weighted by molar-refractivity contribution is 0.176. The van der Waals surface area contributed by atoms with E-state index in [1.807, 2.05) is 0 Å². The zero-order chi connectivity index (χ0) is 12.0. The average Bonchev–Trinajstić information content (AvgIpc) is 2.28. The van der Waals surface area contributed by atoms with E-state index in [1.165, 1.54) is 24.0 Å². The van der Waals surface area contributed by atoms with Gasteiger partial charge in [-0.05, 0) is 30.7 Å². The van der Waals surface area contributed by atoms with E-state index in [4.69, 9.17) is 0 Å². The van der Waals surface area contributed by atoms with Crippen LogP contribution in [0, 0.1) is 18.8 Å². The predicted octanol–water partition coefficient (Wildman–Crippen LogP) is 3.58. The lowest BCUT2D eigenvalue weighted by atomic mass is 9.86. The number of aliphatic hydroxyl groups excluding tert-OH is 1. The van der Waals surface area contributed by atoms with Gasteiger partial charge >= 0.3 is 0 Å². The van der Waals surface area contributed by atoms with Gasteiger partial charge in [0.1, 0.15) is 0 Å². The predicted molar refractivity (Wildman–Crippen MR) is 69.5 cm³/mol. The highest BCUT2D eigenvalue weighted by Crippen LogP contribution is 2.21. The van der Waals surface area contributed by atoms with Crippen molar-refractivity contribution in [2.75, 3.05) is 6.61 Å². The third-order valence-corrected chi connectivity index (χ3v) is 3.40. The molecule has 0 amide bonds. The maximum Gasteiger partial charge on any atom is 0.0464 e. The Morgan fingerprint density at radius 3 is 2.31 bits per heavy atom. The summed E-state index contributed by atoms with van der Waals surface area (Å²) in [4.78, 5) is 0. The van der Waals surface area contributed by atoms with Crippen LogP contribution in [0.15, 0.2) is 24.3 Å². The number of benzene rings is 1. The van der Waals surface area contributed by atoms with E-state index < -0.39 is 0 Å². The minimum Gasteiger partial charge on any atom is -0.396 e. The quantitative estimate of drug-likeness (QED) is 0.777. The van der Waals surface area contributed by atoms with E-state index in [9.17, 15) is 5.11 Å². The van der Waals surface area contributed by atoms with Gasteiger partial charge in [-0.25, -0.2) is 0 Å². The molecule has 0 bridgehead atoms. The van der Waals surface area contributed by atoms with Crippen LogP contribution in [0.1, 0.15) is 37.8 Å². The Balaban J connectivity index is 2.59. The number of aryl methyl sites for hydroxylation is 1. The van der Waals surface area contributed by atoms with E-state index in [0.717, 1.165) is 6.42 Å². The molecule has 0 spiro atoms. The fraction of sp³-hybridized carbons (Fsp3) is 0.600. The van der Waals surface area contributed by atoms with Gasteiger partial charge in [0.25, 0.3) is 0 Å². The van der Waals surface area contributed by atoms with Crippen LogP contribution in [0.2, 0.25) is 0 Å². The first-order valence-electron chi connectivity index (χ1n) is 6.33. The molecule has 0 aromatic heterocycles. The summed E-state index contributed by atoms with van der Waals surface area (Å²) in [7, 11) is 0. The van der Waals surface area contributed by atoms with Crippen molar-refractivity contribution in [2.45, 2.75) is 40.0 Å². The molecule has 0 radical (unpaired) electrons. The third kappa shape index (κ3) is 3.97. The van der Waals surface area contributed by atoms with Gasteiger partial charge in [-0.2, -0.15) is 0 Å². The summed E-state index contributed by atoms with van der Waals surface area (Å²) in [6.45, 7) is 6.86. The molecule has 0 aliphatic rings. The van der Waals surface area contributed by atoms with Gasteiger partial charge in [-0.3, -0.25) is 0 Å². The molecule has 0 fully saturated rings. The fourth-order valence-corrected chi connectivity index (χ4v) is 2.16. The van der Waals surface area contributed by atoms with Crippen molar-refractivity contribution in [3.8, 4) is 0 Å². The Morgan fingerprint density at radius 1 is 1.19 bits per heavy atom. The Hall–Kier alpha value is -0.820. The summed E-state index contributed by atoms with van der Waals surface area (Å²) < 4.78 is 0. The van der Waals surface area contributed by atoms with Gasteiger partial charge < -0.3 is 5.11 Å². The standard InChI is InChI=1S/C15H24O/c1-4-5-13(3)15(11-16)10-14-8-6-12(2)7-9-14/h6-9,13,15-16H,4-5,10-11H2,1-3H3. The maximum absolute atomic E-state index is 9.44. The lowest BCUT2D eigenvalue weighted by Crippen LogP contribution is -2.18. The number of hydrogen-bond donors (Lipinski definition) is 1. The van der Waals surface area contributed by atoms with Crippen LogP contribution in [0.3, 0.4) is 0 Å². The number of hydrogen-bond acceptors (Lipinski definition) is 1. The molecule has 0 aliphatic carbocycles. The minimum atomic E-state index is 0.301. The fourth-order valence-electron chi connectivity index (χ4n) is 2.16. The van der Waals surface area contributed by atoms with E-state index in [1.54, 1.807) is 0 Å². The van der Waals surface area contributed by atoms with E-state index in [0.29, 0.717) is 18.4 Å². The topological polar surface area (TPSA) is 20.2 Å². The zero-order valence-electron chi connectivity index (χ0n) is 10.7. The molecule has 2 unspecified atom stereocenters. The summed E-state index contributed by atoms with van der Waals surface area (Å²) >= 11 is 0. The molecule has 1 nitrogen and oxygen atoms in total. The second-order valence-corrected chi connectivity index (χ2v) is 4.90. The SMILES string of the molecule is CCCC(C)C(CO)Cc1ccc(C)cc1. The molecule has 0 saturated heterocycles. The van der Waals surface area contributed by atoms with E-state index in [-0.39, 0.29) is 0 Å². The van der Waals surface area contributed by atoms with Crippen molar-refractivity contribution in [3.63, 3.8) is 0 Å². The molecule has 90 valence electrons. The van der Waals surface area contributed by atoms with Crippen LogP contribution in [-0.4, -0.2) is 11.7 Å². The molecular weight excluding hydrogens is 196 g/mol. The van der Waals surface area contributed by atoms with Gasteiger partial charge in [0.2, 0.25) is 0 Å². The van der Waals surface area contributed by atoms with Gasteiger partial charge in [-0.15, -0.1) is 0 Å². The summed E-state index contributed by atoms with van der Waals surface area (Å²) in [6, 6.07) is 8.65. The summed E-state index contributed by atoms with van der Waals surface area (Å²) in [5, 5.41) is 9.44. The van der Waals surface area contributed by atoms with Gasteiger partial charge in [0.05, 0.1) is 0 Å². The Kier molecular flexibility index (Phi) is 5.54. The van der Waals surface area contributed by atoms with Crippen molar-refractivity contribution in [2.24, 2.45) is 11.8 Å². The molecule has 1 N–H and O–H groups in total. The minimum absolute atomic E-state index is 0.301. The van der Waals surface area contributed by atoms with Crippen LogP contribution >= 0.6 is 0 Å². The number of aliphatic hydroxyl groups is 1. The molecule has 1 aromatic rings. The van der Waals surface area contributed by atoms with Gasteiger partial charge in [0.15, 0.2) is 0 Å². The largest absolute Gasteiger partial charge is 0.396 e. The van der Waals surface area contributed by atoms with Crippen LogP contribution in [0.5, 0.6) is 0 Å². The molecule has 0 heterocycles. The molecule has 0 saturated carbocycles. The second kappa shape index (κ2) is 6.70. The van der Waals surface area contributed by atoms with Crippen molar-refractivity contribution in [3.05, 3.63) is 35.4 Å². The maximum atomic E-state index is 9.44. The smallest absolute Gasteiger partial charge is 0.0464 e. The first-order valence-corrected chi connectivity index (χ1v) is 6.33. The van der Waals surface area contributed by atoms with Crippen molar-refractivity contribution in [1.82, 2.24) is 0 Å². The highest BCUT2D eigenvalue weighted by atomic mass is 16.3. The zero-order valence-corrected chi connectivity index (χ0v) is 10.7. The van der Waals surface area contributed by atoms with Crippen LogP contribution in [0.25, 0.3) is 0 Å². The molecule has 2 atom stereocenters. The number of rotatable bonds is 6. The van der Waals surface area contributed by atoms with Gasteiger partial charge in [-0.1, -0.05) is 56.5 Å². The normalized spacial score (nSPS) is 14.8. The molecule has 1 heteroatoms. The van der Waals surface area contributed by atoms with Crippen LogP contribution in [0.4, 0.5) is 0 Å². The second-order valence-electron chi connectivity index (χ2n) is 4.90. The first kappa shape index (κ1) is 13.2. The van der Waals surface area contributed by atoms with Gasteiger partial charge in [0, 0.05) is 6.61 Å². The summed E-state index contributed by atoms with van der Waals surface area (Å²) in [5.74, 6) is 1.01. The van der Waals surface area contributed by atoms with E-state index >= 15 is 0 Å². The van der Waals surface area contributed by atoms with E-state index in [2.05, 4.69) is 45.0 Å². The Morgan fingerprint density at radius 2 is 1.81 bits per heavy atom. The van der Waals surface area contributed by atoms with Crippen molar-refractivity contribution in [1.29, 1.82) is 0 Å². The highest BCUT2D eigenvalue weighted by molar-refractivity contribution is 5.21. The Labute approximate surface area is 99.5 Å². The van der Waals surface area contributed by atoms with Crippen molar-refractivity contribution >= 4 is 0 Å². The lowest BCUT2D eigenvalue weighted by Gasteiger charge is -2.21. The average molecular weight is 220 g/mol. The summed E-state index contributed by atoms with van der Waals surface area (Å²) in [6.07, 6.45) is 3.40. The molecule has 0 aliphatic heterocycles. The first-order chi connectivity index (χ1) is 7.67. The monoisotopic (exact) mass is 220 g/mol. The Bertz CT molecular complexity index is 289. The van der Waals surface area contributed by atoms with Crippen LogP contribution < -0.4 is 0 Å². The highest BCUT2D eigenvalue weighted by Gasteiger charge is 2.15. The molecular formula is C15H24O.